The molecule has 0 aliphatic carbocycles. The van der Waals surface area contributed by atoms with Crippen LogP contribution >= 0.6 is 11.8 Å². The van der Waals surface area contributed by atoms with E-state index < -0.39 is 17.7 Å². The van der Waals surface area contributed by atoms with Crippen LogP contribution in [0.5, 0.6) is 0 Å². The highest BCUT2D eigenvalue weighted by Gasteiger charge is 2.19. The second kappa shape index (κ2) is 7.20. The highest BCUT2D eigenvalue weighted by Crippen LogP contribution is 2.15. The first-order valence-electron chi connectivity index (χ1n) is 6.36. The summed E-state index contributed by atoms with van der Waals surface area (Å²) in [6.07, 6.45) is 1.91. The number of rotatable bonds is 4. The van der Waals surface area contributed by atoms with Crippen LogP contribution in [0.1, 0.15) is 26.3 Å². The van der Waals surface area contributed by atoms with Gasteiger partial charge in [-0.1, -0.05) is 12.1 Å². The van der Waals surface area contributed by atoms with E-state index in [4.69, 9.17) is 10.00 Å². The number of nitrogens with one attached hydrogen (secondary N) is 1. The number of amides is 1. The fraction of sp³-hybridized carbons (Fsp3) is 0.467. The second-order valence-corrected chi connectivity index (χ2v) is 6.26. The highest BCUT2D eigenvalue weighted by molar-refractivity contribution is 7.98. The Morgan fingerprint density at radius 1 is 1.40 bits per heavy atom. The first-order chi connectivity index (χ1) is 9.34. The van der Waals surface area contributed by atoms with Gasteiger partial charge in [-0.25, -0.2) is 4.79 Å². The smallest absolute Gasteiger partial charge is 0.408 e. The number of hydrogen-bond acceptors (Lipinski definition) is 4. The van der Waals surface area contributed by atoms with Crippen LogP contribution in [0.4, 0.5) is 4.79 Å². The summed E-state index contributed by atoms with van der Waals surface area (Å²) in [6, 6.07) is 9.42. The lowest BCUT2D eigenvalue weighted by molar-refractivity contribution is 0.0516. The molecule has 0 spiro atoms. The SMILES string of the molecule is CSc1ccc(C[C@@H](C#N)NC(=O)OC(C)(C)C)cc1. The molecule has 1 amide bonds. The molecule has 0 aliphatic rings. The van der Waals surface area contributed by atoms with Gasteiger partial charge in [-0.05, 0) is 44.7 Å². The van der Waals surface area contributed by atoms with Gasteiger partial charge in [-0.3, -0.25) is 0 Å². The van der Waals surface area contributed by atoms with E-state index in [0.29, 0.717) is 6.42 Å². The first kappa shape index (κ1) is 16.4. The van der Waals surface area contributed by atoms with Crippen LogP contribution in [0, 0.1) is 11.3 Å². The van der Waals surface area contributed by atoms with Gasteiger partial charge in [0.25, 0.3) is 0 Å². The summed E-state index contributed by atoms with van der Waals surface area (Å²) in [5.74, 6) is 0. The summed E-state index contributed by atoms with van der Waals surface area (Å²) in [6.45, 7) is 5.36. The molecule has 1 atom stereocenters. The molecule has 0 saturated carbocycles. The largest absolute Gasteiger partial charge is 0.444 e. The molecule has 0 heterocycles. The summed E-state index contributed by atoms with van der Waals surface area (Å²) in [4.78, 5) is 12.8. The average Bonchev–Trinajstić information content (AvgIpc) is 2.36. The third-order valence-corrected chi connectivity index (χ3v) is 3.19. The molecule has 0 aliphatic heterocycles. The number of carbonyl (C=O) groups excluding carboxylic acids is 1. The number of alkyl carbamates (subject to hydrolysis) is 1. The van der Waals surface area contributed by atoms with E-state index in [0.717, 1.165) is 5.56 Å². The summed E-state index contributed by atoms with van der Waals surface area (Å²) in [5.41, 5.74) is 0.440. The van der Waals surface area contributed by atoms with Crippen molar-refractivity contribution in [3.05, 3.63) is 29.8 Å². The Kier molecular flexibility index (Phi) is 5.90. The van der Waals surface area contributed by atoms with Crippen LogP contribution in [0.2, 0.25) is 0 Å². The Morgan fingerprint density at radius 3 is 2.45 bits per heavy atom. The number of carbonyl (C=O) groups is 1. The molecule has 0 radical (unpaired) electrons. The highest BCUT2D eigenvalue weighted by atomic mass is 32.2. The van der Waals surface area contributed by atoms with Crippen LogP contribution in [0.3, 0.4) is 0 Å². The van der Waals surface area contributed by atoms with Gasteiger partial charge in [0.05, 0.1) is 6.07 Å². The third-order valence-electron chi connectivity index (χ3n) is 2.45. The van der Waals surface area contributed by atoms with Crippen LogP contribution in [-0.4, -0.2) is 24.0 Å². The maximum atomic E-state index is 11.6. The van der Waals surface area contributed by atoms with Crippen LogP contribution in [0.25, 0.3) is 0 Å². The molecule has 4 nitrogen and oxygen atoms in total. The Morgan fingerprint density at radius 2 is 2.00 bits per heavy atom. The zero-order valence-electron chi connectivity index (χ0n) is 12.3. The summed E-state index contributed by atoms with van der Waals surface area (Å²) >= 11 is 1.66. The number of ether oxygens (including phenoxy) is 1. The maximum Gasteiger partial charge on any atom is 0.408 e. The minimum Gasteiger partial charge on any atom is -0.444 e. The van der Waals surface area contributed by atoms with Crippen molar-refractivity contribution in [1.29, 1.82) is 5.26 Å². The van der Waals surface area contributed by atoms with E-state index in [-0.39, 0.29) is 0 Å². The van der Waals surface area contributed by atoms with Crippen molar-refractivity contribution in [2.75, 3.05) is 6.26 Å². The van der Waals surface area contributed by atoms with Crippen molar-refractivity contribution in [3.8, 4) is 6.07 Å². The predicted molar refractivity (Wildman–Crippen MR) is 80.7 cm³/mol. The number of nitrogens with zero attached hydrogens (tertiary/aromatic N) is 1. The standard InChI is InChI=1S/C15H20N2O2S/c1-15(2,3)19-14(18)17-12(10-16)9-11-5-7-13(20-4)8-6-11/h5-8,12H,9H2,1-4H3,(H,17,18)/t12-/m0/s1. The summed E-state index contributed by atoms with van der Waals surface area (Å²) in [5, 5.41) is 11.7. The quantitative estimate of drug-likeness (QED) is 0.864. The minimum atomic E-state index is -0.593. The van der Waals surface area contributed by atoms with Gasteiger partial charge >= 0.3 is 6.09 Å². The van der Waals surface area contributed by atoms with E-state index in [9.17, 15) is 4.79 Å². The Labute approximate surface area is 124 Å². The van der Waals surface area contributed by atoms with Crippen molar-refractivity contribution in [3.63, 3.8) is 0 Å². The lowest BCUT2D eigenvalue weighted by Gasteiger charge is -2.21. The van der Waals surface area contributed by atoms with Gasteiger partial charge in [0.15, 0.2) is 0 Å². The second-order valence-electron chi connectivity index (χ2n) is 5.38. The molecule has 108 valence electrons. The van der Waals surface area contributed by atoms with E-state index in [1.54, 1.807) is 32.5 Å². The van der Waals surface area contributed by atoms with Crippen molar-refractivity contribution in [2.45, 2.75) is 43.7 Å². The molecule has 0 bridgehead atoms. The van der Waals surface area contributed by atoms with E-state index >= 15 is 0 Å². The summed E-state index contributed by atoms with van der Waals surface area (Å²) in [7, 11) is 0. The van der Waals surface area contributed by atoms with E-state index in [1.807, 2.05) is 30.5 Å². The fourth-order valence-corrected chi connectivity index (χ4v) is 1.98. The van der Waals surface area contributed by atoms with Crippen molar-refractivity contribution >= 4 is 17.9 Å². The molecule has 1 aromatic rings. The van der Waals surface area contributed by atoms with Gasteiger partial charge < -0.3 is 10.1 Å². The van der Waals surface area contributed by atoms with Crippen molar-refractivity contribution in [2.24, 2.45) is 0 Å². The van der Waals surface area contributed by atoms with Gasteiger partial charge in [0.1, 0.15) is 11.6 Å². The van der Waals surface area contributed by atoms with Crippen LogP contribution < -0.4 is 5.32 Å². The topological polar surface area (TPSA) is 62.1 Å². The molecule has 1 aromatic carbocycles. The van der Waals surface area contributed by atoms with Gasteiger partial charge in [-0.2, -0.15) is 5.26 Å². The van der Waals surface area contributed by atoms with Crippen molar-refractivity contribution in [1.82, 2.24) is 5.32 Å². The van der Waals surface area contributed by atoms with E-state index in [1.165, 1.54) is 4.90 Å². The van der Waals surface area contributed by atoms with E-state index in [2.05, 4.69) is 11.4 Å². The maximum absolute atomic E-state index is 11.6. The Bertz CT molecular complexity index is 486. The predicted octanol–water partition coefficient (Wildman–Crippen LogP) is 3.37. The van der Waals surface area contributed by atoms with Crippen molar-refractivity contribution < 1.29 is 9.53 Å². The number of nitriles is 1. The van der Waals surface area contributed by atoms with Gasteiger partial charge in [-0.15, -0.1) is 11.8 Å². The normalized spacial score (nSPS) is 12.3. The number of thioether (sulfide) groups is 1. The van der Waals surface area contributed by atoms with Crippen LogP contribution in [0.15, 0.2) is 29.2 Å². The molecule has 1 N–H and O–H groups in total. The molecule has 1 rings (SSSR count). The first-order valence-corrected chi connectivity index (χ1v) is 7.58. The Hall–Kier alpha value is -1.67. The molecule has 0 unspecified atom stereocenters. The summed E-state index contributed by atoms with van der Waals surface area (Å²) < 4.78 is 5.14. The van der Waals surface area contributed by atoms with Gasteiger partial charge in [0.2, 0.25) is 0 Å². The van der Waals surface area contributed by atoms with Gasteiger partial charge in [0, 0.05) is 11.3 Å². The Balaban J connectivity index is 2.59. The zero-order valence-corrected chi connectivity index (χ0v) is 13.1. The monoisotopic (exact) mass is 292 g/mol. The number of hydrogen-bond donors (Lipinski definition) is 1. The lowest BCUT2D eigenvalue weighted by atomic mass is 10.1. The molecule has 0 fully saturated rings. The zero-order chi connectivity index (χ0) is 15.2. The molecule has 20 heavy (non-hydrogen) atoms. The molecule has 0 aromatic heterocycles. The lowest BCUT2D eigenvalue weighted by Crippen LogP contribution is -2.39. The third kappa shape index (κ3) is 5.98. The molecular weight excluding hydrogens is 272 g/mol. The molecule has 0 saturated heterocycles. The number of benzene rings is 1. The van der Waals surface area contributed by atoms with Crippen LogP contribution in [-0.2, 0) is 11.2 Å². The fourth-order valence-electron chi connectivity index (χ4n) is 1.58. The molecular formula is C15H20N2O2S. The average molecular weight is 292 g/mol. The minimum absolute atomic E-state index is 0.463. The molecule has 5 heteroatoms.